The van der Waals surface area contributed by atoms with Gasteiger partial charge in [-0.1, -0.05) is 0 Å². The van der Waals surface area contributed by atoms with Crippen molar-refractivity contribution in [3.63, 3.8) is 0 Å². The standard InChI is InChI=1S/C20H25N3O3/c1-6-23(7-2)15-8-9-16(13(3)10-15)21-17-12-18(22-20(25)26-5)19(24)11-14(17)4/h8-12H,6-7H2,1-5H3,(H,22,25). The van der Waals surface area contributed by atoms with E-state index < -0.39 is 6.09 Å². The fourth-order valence-corrected chi connectivity index (χ4v) is 2.73. The number of nitrogens with zero attached hydrogens (tertiary/aromatic N) is 2. The summed E-state index contributed by atoms with van der Waals surface area (Å²) in [4.78, 5) is 30.4. The summed E-state index contributed by atoms with van der Waals surface area (Å²) in [6.07, 6.45) is 2.35. The third-order valence-corrected chi connectivity index (χ3v) is 4.27. The number of methoxy groups -OCH3 is 1. The number of carbonyl (C=O) groups excluding carboxylic acids is 2. The molecule has 26 heavy (non-hydrogen) atoms. The topological polar surface area (TPSA) is 71.0 Å². The van der Waals surface area contributed by atoms with Crippen molar-refractivity contribution in [1.29, 1.82) is 0 Å². The van der Waals surface area contributed by atoms with Crippen LogP contribution in [0.3, 0.4) is 0 Å². The molecule has 0 atom stereocenters. The highest BCUT2D eigenvalue weighted by Crippen LogP contribution is 2.26. The SMILES string of the molecule is CCN(CC)c1ccc(N=C2C=C(NC(=O)OC)C(=O)C=C2C)c(C)c1. The van der Waals surface area contributed by atoms with Crippen molar-refractivity contribution in [2.45, 2.75) is 27.7 Å². The second-order valence-electron chi connectivity index (χ2n) is 6.01. The Hall–Kier alpha value is -2.89. The average molecular weight is 355 g/mol. The Morgan fingerprint density at radius 2 is 1.88 bits per heavy atom. The molecule has 0 bridgehead atoms. The first kappa shape index (κ1) is 19.4. The number of carbonyl (C=O) groups is 2. The van der Waals surface area contributed by atoms with Crippen LogP contribution in [0.2, 0.25) is 0 Å². The second kappa shape index (κ2) is 8.47. The summed E-state index contributed by atoms with van der Waals surface area (Å²) < 4.78 is 4.55. The number of aryl methyl sites for hydroxylation is 1. The Balaban J connectivity index is 2.36. The number of allylic oxidation sites excluding steroid dienone is 3. The summed E-state index contributed by atoms with van der Waals surface area (Å²) in [6.45, 7) is 9.97. The van der Waals surface area contributed by atoms with E-state index in [9.17, 15) is 9.59 Å². The highest BCUT2D eigenvalue weighted by Gasteiger charge is 2.19. The van der Waals surface area contributed by atoms with Crippen LogP contribution in [-0.2, 0) is 9.53 Å². The molecule has 0 saturated heterocycles. The molecule has 6 heteroatoms. The van der Waals surface area contributed by atoms with Gasteiger partial charge in [-0.2, -0.15) is 0 Å². The molecule has 1 aromatic carbocycles. The number of ketones is 1. The molecule has 0 radical (unpaired) electrons. The van der Waals surface area contributed by atoms with Gasteiger partial charge in [-0.25, -0.2) is 9.79 Å². The minimum atomic E-state index is -0.684. The maximum absolute atomic E-state index is 12.0. The number of nitrogens with one attached hydrogen (secondary N) is 1. The van der Waals surface area contributed by atoms with Crippen molar-refractivity contribution in [3.8, 4) is 0 Å². The number of hydrogen-bond donors (Lipinski definition) is 1. The van der Waals surface area contributed by atoms with E-state index in [-0.39, 0.29) is 11.5 Å². The lowest BCUT2D eigenvalue weighted by Gasteiger charge is -2.22. The molecule has 1 aliphatic rings. The monoisotopic (exact) mass is 355 g/mol. The molecule has 1 aromatic rings. The lowest BCUT2D eigenvalue weighted by molar-refractivity contribution is -0.111. The van der Waals surface area contributed by atoms with Gasteiger partial charge in [0.15, 0.2) is 0 Å². The molecule has 1 N–H and O–H groups in total. The smallest absolute Gasteiger partial charge is 0.411 e. The lowest BCUT2D eigenvalue weighted by Crippen LogP contribution is -2.29. The number of rotatable bonds is 5. The van der Waals surface area contributed by atoms with Gasteiger partial charge >= 0.3 is 6.09 Å². The van der Waals surface area contributed by atoms with Crippen LogP contribution in [0.15, 0.2) is 46.6 Å². The van der Waals surface area contributed by atoms with Crippen LogP contribution in [0.5, 0.6) is 0 Å². The van der Waals surface area contributed by atoms with Crippen LogP contribution < -0.4 is 10.2 Å². The van der Waals surface area contributed by atoms with Crippen molar-refractivity contribution in [2.24, 2.45) is 4.99 Å². The summed E-state index contributed by atoms with van der Waals surface area (Å²) in [5, 5.41) is 2.43. The molecule has 0 aliphatic heterocycles. The van der Waals surface area contributed by atoms with Crippen LogP contribution in [0.1, 0.15) is 26.3 Å². The predicted molar refractivity (Wildman–Crippen MR) is 104 cm³/mol. The number of benzene rings is 1. The Bertz CT molecular complexity index is 803. The Labute approximate surface area is 154 Å². The number of aliphatic imine (C=N–C) groups is 1. The van der Waals surface area contributed by atoms with Gasteiger partial charge in [-0.05, 0) is 69.2 Å². The minimum absolute atomic E-state index is 0.151. The highest BCUT2D eigenvalue weighted by atomic mass is 16.5. The van der Waals surface area contributed by atoms with Gasteiger partial charge in [-0.3, -0.25) is 10.1 Å². The van der Waals surface area contributed by atoms with Crippen molar-refractivity contribution in [3.05, 3.63) is 47.2 Å². The molecule has 0 heterocycles. The molecule has 2 rings (SSSR count). The lowest BCUT2D eigenvalue weighted by atomic mass is 10.0. The van der Waals surface area contributed by atoms with Crippen LogP contribution in [0, 0.1) is 6.92 Å². The van der Waals surface area contributed by atoms with Crippen molar-refractivity contribution < 1.29 is 14.3 Å². The van der Waals surface area contributed by atoms with Gasteiger partial charge < -0.3 is 9.64 Å². The summed E-state index contributed by atoms with van der Waals surface area (Å²) in [7, 11) is 1.25. The first-order chi connectivity index (χ1) is 12.4. The van der Waals surface area contributed by atoms with Crippen LogP contribution in [-0.4, -0.2) is 37.8 Å². The first-order valence-corrected chi connectivity index (χ1v) is 8.63. The van der Waals surface area contributed by atoms with Crippen LogP contribution >= 0.6 is 0 Å². The predicted octanol–water partition coefficient (Wildman–Crippen LogP) is 3.68. The van der Waals surface area contributed by atoms with E-state index in [4.69, 9.17) is 0 Å². The molecule has 6 nitrogen and oxygen atoms in total. The number of alkyl carbamates (subject to hydrolysis) is 1. The zero-order valence-corrected chi connectivity index (χ0v) is 15.9. The molecule has 0 spiro atoms. The Morgan fingerprint density at radius 1 is 1.19 bits per heavy atom. The molecule has 0 unspecified atom stereocenters. The van der Waals surface area contributed by atoms with Crippen LogP contribution in [0.25, 0.3) is 0 Å². The van der Waals surface area contributed by atoms with E-state index in [0.717, 1.165) is 35.6 Å². The minimum Gasteiger partial charge on any atom is -0.453 e. The van der Waals surface area contributed by atoms with Gasteiger partial charge in [0.2, 0.25) is 5.78 Å². The summed E-state index contributed by atoms with van der Waals surface area (Å²) in [5.74, 6) is -0.277. The Morgan fingerprint density at radius 3 is 2.46 bits per heavy atom. The summed E-state index contributed by atoms with van der Waals surface area (Å²) in [6, 6.07) is 6.13. The van der Waals surface area contributed by atoms with E-state index in [1.807, 2.05) is 26.0 Å². The summed E-state index contributed by atoms with van der Waals surface area (Å²) >= 11 is 0. The maximum Gasteiger partial charge on any atom is 0.411 e. The Kier molecular flexibility index (Phi) is 6.33. The summed E-state index contributed by atoms with van der Waals surface area (Å²) in [5.41, 5.74) is 4.56. The third kappa shape index (κ3) is 4.39. The number of anilines is 1. The molecule has 0 fully saturated rings. The van der Waals surface area contributed by atoms with Gasteiger partial charge in [0.1, 0.15) is 0 Å². The zero-order valence-electron chi connectivity index (χ0n) is 15.9. The van der Waals surface area contributed by atoms with Gasteiger partial charge in [0, 0.05) is 18.8 Å². The fourth-order valence-electron chi connectivity index (χ4n) is 2.73. The fraction of sp³-hybridized carbons (Fsp3) is 0.350. The molecular weight excluding hydrogens is 330 g/mol. The normalized spacial score (nSPS) is 15.4. The van der Waals surface area contributed by atoms with Crippen molar-refractivity contribution in [2.75, 3.05) is 25.1 Å². The number of hydrogen-bond acceptors (Lipinski definition) is 5. The van der Waals surface area contributed by atoms with E-state index in [2.05, 4.69) is 39.9 Å². The molecule has 1 amide bonds. The number of ether oxygens (including phenoxy) is 1. The largest absolute Gasteiger partial charge is 0.453 e. The average Bonchev–Trinajstić information content (AvgIpc) is 2.61. The third-order valence-electron chi connectivity index (χ3n) is 4.27. The van der Waals surface area contributed by atoms with Gasteiger partial charge in [0.25, 0.3) is 0 Å². The molecule has 0 aromatic heterocycles. The van der Waals surface area contributed by atoms with E-state index in [0.29, 0.717) is 5.71 Å². The molecule has 138 valence electrons. The number of amides is 1. The molecular formula is C20H25N3O3. The molecule has 1 aliphatic carbocycles. The van der Waals surface area contributed by atoms with Gasteiger partial charge in [0.05, 0.1) is 24.2 Å². The molecule has 0 saturated carbocycles. The van der Waals surface area contributed by atoms with E-state index in [1.165, 1.54) is 13.2 Å². The maximum atomic E-state index is 12.0. The zero-order chi connectivity index (χ0) is 19.3. The quantitative estimate of drug-likeness (QED) is 0.818. The van der Waals surface area contributed by atoms with E-state index >= 15 is 0 Å². The highest BCUT2D eigenvalue weighted by molar-refractivity contribution is 6.22. The second-order valence-corrected chi connectivity index (χ2v) is 6.01. The van der Waals surface area contributed by atoms with Crippen molar-refractivity contribution >= 4 is 29.0 Å². The van der Waals surface area contributed by atoms with Gasteiger partial charge in [-0.15, -0.1) is 0 Å². The van der Waals surface area contributed by atoms with Crippen LogP contribution in [0.4, 0.5) is 16.2 Å². The first-order valence-electron chi connectivity index (χ1n) is 8.63. The van der Waals surface area contributed by atoms with Crippen molar-refractivity contribution in [1.82, 2.24) is 5.32 Å². The van der Waals surface area contributed by atoms with E-state index in [1.54, 1.807) is 6.08 Å².